The predicted molar refractivity (Wildman–Crippen MR) is 78.1 cm³/mol. The molecule has 1 atom stereocenters. The average Bonchev–Trinajstić information content (AvgIpc) is 2.35. The molecule has 2 rings (SSSR count). The van der Waals surface area contributed by atoms with E-state index in [1.165, 1.54) is 0 Å². The number of rotatable bonds is 1. The maximum Gasteiger partial charge on any atom is 0.335 e. The van der Waals surface area contributed by atoms with Gasteiger partial charge in [0.1, 0.15) is 0 Å². The van der Waals surface area contributed by atoms with Gasteiger partial charge in [0.25, 0.3) is 0 Å². The Bertz CT molecular complexity index is 557. The van der Waals surface area contributed by atoms with Crippen molar-refractivity contribution in [2.45, 2.75) is 34.1 Å². The summed E-state index contributed by atoms with van der Waals surface area (Å²) >= 11 is 0. The van der Waals surface area contributed by atoms with Crippen molar-refractivity contribution in [3.63, 3.8) is 0 Å². The van der Waals surface area contributed by atoms with E-state index in [1.807, 2.05) is 0 Å². The highest BCUT2D eigenvalue weighted by Gasteiger charge is 2.34. The minimum absolute atomic E-state index is 0.00303. The third-order valence-electron chi connectivity index (χ3n) is 4.09. The van der Waals surface area contributed by atoms with Crippen molar-refractivity contribution < 1.29 is 14.7 Å². The molecule has 108 valence electrons. The molecule has 0 saturated heterocycles. The van der Waals surface area contributed by atoms with Crippen LogP contribution in [0.5, 0.6) is 0 Å². The molecule has 0 aromatic heterocycles. The number of nitrogens with zero attached hydrogens (tertiary/aromatic N) is 1. The van der Waals surface area contributed by atoms with Gasteiger partial charge in [-0.1, -0.05) is 20.8 Å². The molecule has 0 bridgehead atoms. The highest BCUT2D eigenvalue weighted by Crippen LogP contribution is 2.38. The van der Waals surface area contributed by atoms with E-state index in [-0.39, 0.29) is 16.9 Å². The summed E-state index contributed by atoms with van der Waals surface area (Å²) in [7, 11) is 0. The topological polar surface area (TPSA) is 57.6 Å². The molecular formula is C16H21NO3. The van der Waals surface area contributed by atoms with E-state index in [1.54, 1.807) is 30.0 Å². The number of aromatic carboxylic acids is 1. The van der Waals surface area contributed by atoms with E-state index in [0.29, 0.717) is 12.5 Å². The van der Waals surface area contributed by atoms with Crippen LogP contribution in [0, 0.1) is 11.3 Å². The molecule has 0 spiro atoms. The Labute approximate surface area is 119 Å². The van der Waals surface area contributed by atoms with Crippen molar-refractivity contribution in [2.24, 2.45) is 11.3 Å². The number of hydrogen-bond donors (Lipinski definition) is 1. The third-order valence-corrected chi connectivity index (χ3v) is 4.09. The highest BCUT2D eigenvalue weighted by atomic mass is 16.4. The summed E-state index contributed by atoms with van der Waals surface area (Å²) < 4.78 is 0. The van der Waals surface area contributed by atoms with Crippen molar-refractivity contribution in [1.29, 1.82) is 0 Å². The van der Waals surface area contributed by atoms with Crippen LogP contribution in [0.15, 0.2) is 18.2 Å². The fraction of sp³-hybridized carbons (Fsp3) is 0.500. The molecule has 1 amide bonds. The maximum atomic E-state index is 11.9. The van der Waals surface area contributed by atoms with Crippen molar-refractivity contribution in [3.05, 3.63) is 29.3 Å². The summed E-state index contributed by atoms with van der Waals surface area (Å²) in [5, 5.41) is 9.11. The summed E-state index contributed by atoms with van der Waals surface area (Å²) in [6.45, 7) is 8.71. The molecule has 4 heteroatoms. The lowest BCUT2D eigenvalue weighted by Crippen LogP contribution is -2.43. The van der Waals surface area contributed by atoms with Gasteiger partial charge >= 0.3 is 5.97 Å². The van der Waals surface area contributed by atoms with Gasteiger partial charge in [0.2, 0.25) is 5.91 Å². The summed E-state index contributed by atoms with van der Waals surface area (Å²) in [6, 6.07) is 5.01. The first kappa shape index (κ1) is 14.6. The van der Waals surface area contributed by atoms with E-state index >= 15 is 0 Å². The molecule has 20 heavy (non-hydrogen) atoms. The molecular weight excluding hydrogens is 254 g/mol. The molecule has 1 aromatic rings. The van der Waals surface area contributed by atoms with Gasteiger partial charge in [-0.15, -0.1) is 0 Å². The second-order valence-corrected chi connectivity index (χ2v) is 6.55. The number of anilines is 1. The Kier molecular flexibility index (Phi) is 3.59. The lowest BCUT2D eigenvalue weighted by molar-refractivity contribution is -0.116. The Hall–Kier alpha value is -1.84. The van der Waals surface area contributed by atoms with Crippen molar-refractivity contribution >= 4 is 17.6 Å². The highest BCUT2D eigenvalue weighted by molar-refractivity contribution is 5.94. The van der Waals surface area contributed by atoms with Crippen LogP contribution in [-0.2, 0) is 11.2 Å². The predicted octanol–water partition coefficient (Wildman–Crippen LogP) is 2.96. The molecule has 0 radical (unpaired) electrons. The number of carbonyl (C=O) groups is 2. The Morgan fingerprint density at radius 1 is 1.30 bits per heavy atom. The number of benzene rings is 1. The fourth-order valence-corrected chi connectivity index (χ4v) is 2.67. The van der Waals surface area contributed by atoms with E-state index < -0.39 is 5.97 Å². The molecule has 0 aliphatic carbocycles. The van der Waals surface area contributed by atoms with Crippen LogP contribution in [0.25, 0.3) is 0 Å². The zero-order valence-corrected chi connectivity index (χ0v) is 12.4. The van der Waals surface area contributed by atoms with Gasteiger partial charge in [-0.25, -0.2) is 4.79 Å². The number of carbonyl (C=O) groups excluding carboxylic acids is 1. The van der Waals surface area contributed by atoms with Crippen LogP contribution in [-0.4, -0.2) is 23.5 Å². The van der Waals surface area contributed by atoms with Crippen LogP contribution in [0.4, 0.5) is 5.69 Å². The largest absolute Gasteiger partial charge is 0.478 e. The Balaban J connectivity index is 2.48. The molecule has 0 fully saturated rings. The summed E-state index contributed by atoms with van der Waals surface area (Å²) in [4.78, 5) is 24.7. The van der Waals surface area contributed by atoms with Gasteiger partial charge in [-0.2, -0.15) is 0 Å². The van der Waals surface area contributed by atoms with E-state index in [9.17, 15) is 9.59 Å². The van der Waals surface area contributed by atoms with Gasteiger partial charge in [0.15, 0.2) is 0 Å². The third kappa shape index (κ3) is 2.69. The normalized spacial score (nSPS) is 18.6. The van der Waals surface area contributed by atoms with Crippen molar-refractivity contribution in [2.75, 3.05) is 11.4 Å². The van der Waals surface area contributed by atoms with Crippen LogP contribution in [0.2, 0.25) is 0 Å². The number of carboxylic acid groups (broad SMARTS) is 1. The molecule has 4 nitrogen and oxygen atoms in total. The smallest absolute Gasteiger partial charge is 0.335 e. The minimum Gasteiger partial charge on any atom is -0.478 e. The lowest BCUT2D eigenvalue weighted by atomic mass is 9.74. The second kappa shape index (κ2) is 4.93. The van der Waals surface area contributed by atoms with Crippen LogP contribution < -0.4 is 4.90 Å². The minimum atomic E-state index is -0.931. The number of hydrogen-bond acceptors (Lipinski definition) is 2. The molecule has 1 heterocycles. The first-order valence-corrected chi connectivity index (χ1v) is 6.84. The summed E-state index contributed by atoms with van der Waals surface area (Å²) in [6.07, 6.45) is 0.809. The van der Waals surface area contributed by atoms with Crippen molar-refractivity contribution in [3.8, 4) is 0 Å². The monoisotopic (exact) mass is 275 g/mol. The second-order valence-electron chi connectivity index (χ2n) is 6.55. The molecule has 1 N–H and O–H groups in total. The number of fused-ring (bicyclic) bond motifs is 1. The first-order valence-electron chi connectivity index (χ1n) is 6.84. The van der Waals surface area contributed by atoms with Crippen molar-refractivity contribution in [1.82, 2.24) is 0 Å². The van der Waals surface area contributed by atoms with Gasteiger partial charge < -0.3 is 10.0 Å². The van der Waals surface area contributed by atoms with E-state index in [4.69, 9.17) is 5.11 Å². The quantitative estimate of drug-likeness (QED) is 0.857. The Morgan fingerprint density at radius 2 is 1.95 bits per heavy atom. The van der Waals surface area contributed by atoms with Gasteiger partial charge in [-0.05, 0) is 41.5 Å². The molecule has 0 saturated carbocycles. The fourth-order valence-electron chi connectivity index (χ4n) is 2.67. The molecule has 1 aliphatic heterocycles. The van der Waals surface area contributed by atoms with Crippen LogP contribution in [0.3, 0.4) is 0 Å². The average molecular weight is 275 g/mol. The van der Waals surface area contributed by atoms with Crippen LogP contribution >= 0.6 is 0 Å². The summed E-state index contributed by atoms with van der Waals surface area (Å²) in [5.41, 5.74) is 2.15. The number of amides is 1. The standard InChI is InChI=1S/C16H21NO3/c1-10(18)17-9-13(16(2,3)4)8-12-7-11(15(19)20)5-6-14(12)17/h5-7,13H,8-9H2,1-4H3,(H,19,20). The van der Waals surface area contributed by atoms with E-state index in [0.717, 1.165) is 17.7 Å². The summed E-state index contributed by atoms with van der Waals surface area (Å²) in [5.74, 6) is -0.605. The maximum absolute atomic E-state index is 11.9. The first-order chi connectivity index (χ1) is 9.20. The zero-order valence-electron chi connectivity index (χ0n) is 12.4. The van der Waals surface area contributed by atoms with E-state index in [2.05, 4.69) is 20.8 Å². The molecule has 1 aromatic carbocycles. The molecule has 1 unspecified atom stereocenters. The van der Waals surface area contributed by atoms with Gasteiger partial charge in [-0.3, -0.25) is 4.79 Å². The lowest BCUT2D eigenvalue weighted by Gasteiger charge is -2.40. The number of carboxylic acids is 1. The Morgan fingerprint density at radius 3 is 2.45 bits per heavy atom. The zero-order chi connectivity index (χ0) is 15.1. The molecule has 1 aliphatic rings. The van der Waals surface area contributed by atoms with Gasteiger partial charge in [0, 0.05) is 19.2 Å². The van der Waals surface area contributed by atoms with Crippen LogP contribution in [0.1, 0.15) is 43.6 Å². The van der Waals surface area contributed by atoms with Gasteiger partial charge in [0.05, 0.1) is 5.56 Å². The SMILES string of the molecule is CC(=O)N1CC(C(C)(C)C)Cc2cc(C(=O)O)ccc21.